The molecule has 0 unspecified atom stereocenters. The van der Waals surface area contributed by atoms with Gasteiger partial charge in [-0.1, -0.05) is 13.8 Å². The maximum absolute atomic E-state index is 12.7. The lowest BCUT2D eigenvalue weighted by molar-refractivity contribution is 0.285. The molecule has 6 heteroatoms. The maximum Gasteiger partial charge on any atom is 0.252 e. The number of aliphatic hydroxyl groups excluding tert-OH is 1. The van der Waals surface area contributed by atoms with Crippen LogP contribution in [0.5, 0.6) is 0 Å². The third-order valence-electron chi connectivity index (χ3n) is 4.03. The first-order chi connectivity index (χ1) is 9.26. The summed E-state index contributed by atoms with van der Waals surface area (Å²) >= 11 is 1.19. The molecule has 0 aromatic carbocycles. The van der Waals surface area contributed by atoms with Crippen molar-refractivity contribution in [2.24, 2.45) is 5.41 Å². The van der Waals surface area contributed by atoms with E-state index in [1.807, 2.05) is 6.92 Å². The second-order valence-electron chi connectivity index (χ2n) is 6.25. The van der Waals surface area contributed by atoms with E-state index in [2.05, 4.69) is 13.8 Å². The fourth-order valence-electron chi connectivity index (χ4n) is 2.54. The van der Waals surface area contributed by atoms with Gasteiger partial charge in [0.2, 0.25) is 0 Å². The summed E-state index contributed by atoms with van der Waals surface area (Å²) in [6.07, 6.45) is 2.86. The molecule has 1 aliphatic rings. The molecular weight excluding hydrogens is 294 g/mol. The fraction of sp³-hybridized carbons (Fsp3) is 0.714. The lowest BCUT2D eigenvalue weighted by atomic mass is 9.85. The van der Waals surface area contributed by atoms with E-state index in [0.29, 0.717) is 17.3 Å². The summed E-state index contributed by atoms with van der Waals surface area (Å²) in [4.78, 5) is 0.735. The number of nitrogens with zero attached hydrogens (tertiary/aromatic N) is 1. The average Bonchev–Trinajstić information content (AvgIpc) is 2.64. The molecule has 0 bridgehead atoms. The molecule has 2 rings (SSSR count). The molecule has 0 saturated carbocycles. The Morgan fingerprint density at radius 2 is 2.05 bits per heavy atom. The van der Waals surface area contributed by atoms with Gasteiger partial charge in [-0.05, 0) is 43.2 Å². The van der Waals surface area contributed by atoms with E-state index in [1.165, 1.54) is 11.3 Å². The largest absolute Gasteiger partial charge is 0.391 e. The summed E-state index contributed by atoms with van der Waals surface area (Å²) in [7, 11) is -3.41. The van der Waals surface area contributed by atoms with Crippen LogP contribution >= 0.6 is 11.3 Å². The number of sulfonamides is 1. The van der Waals surface area contributed by atoms with Gasteiger partial charge in [0, 0.05) is 18.0 Å². The van der Waals surface area contributed by atoms with Gasteiger partial charge in [0.25, 0.3) is 10.0 Å². The topological polar surface area (TPSA) is 57.6 Å². The first-order valence-corrected chi connectivity index (χ1v) is 9.22. The van der Waals surface area contributed by atoms with Gasteiger partial charge in [-0.2, -0.15) is 4.31 Å². The summed E-state index contributed by atoms with van der Waals surface area (Å²) in [6.45, 7) is 7.31. The highest BCUT2D eigenvalue weighted by atomic mass is 32.2. The van der Waals surface area contributed by atoms with Crippen molar-refractivity contribution in [3.05, 3.63) is 16.5 Å². The van der Waals surface area contributed by atoms with E-state index in [4.69, 9.17) is 0 Å². The minimum atomic E-state index is -3.41. The fourth-order valence-corrected chi connectivity index (χ4v) is 5.62. The summed E-state index contributed by atoms with van der Waals surface area (Å²) in [6, 6.07) is 1.68. The van der Waals surface area contributed by atoms with Crippen LogP contribution in [-0.2, 0) is 16.6 Å². The van der Waals surface area contributed by atoms with Crippen LogP contribution in [0.4, 0.5) is 0 Å². The number of aliphatic hydroxyl groups is 1. The molecule has 1 aromatic rings. The van der Waals surface area contributed by atoms with Gasteiger partial charge >= 0.3 is 0 Å². The molecule has 0 atom stereocenters. The summed E-state index contributed by atoms with van der Waals surface area (Å²) in [5.74, 6) is 0. The minimum absolute atomic E-state index is 0.0982. The molecule has 1 fully saturated rings. The quantitative estimate of drug-likeness (QED) is 0.932. The van der Waals surface area contributed by atoms with E-state index in [0.717, 1.165) is 29.7 Å². The Kier molecular flexibility index (Phi) is 4.59. The van der Waals surface area contributed by atoms with Gasteiger partial charge in [-0.25, -0.2) is 8.42 Å². The Labute approximate surface area is 125 Å². The molecule has 1 aromatic heterocycles. The maximum atomic E-state index is 12.7. The Morgan fingerprint density at radius 1 is 1.35 bits per heavy atom. The lowest BCUT2D eigenvalue weighted by Gasteiger charge is -2.22. The van der Waals surface area contributed by atoms with Crippen LogP contribution < -0.4 is 0 Å². The Hall–Kier alpha value is -0.430. The van der Waals surface area contributed by atoms with Crippen molar-refractivity contribution >= 4 is 21.4 Å². The Morgan fingerprint density at radius 3 is 2.65 bits per heavy atom. The molecule has 114 valence electrons. The van der Waals surface area contributed by atoms with Crippen LogP contribution in [0.15, 0.2) is 10.3 Å². The lowest BCUT2D eigenvalue weighted by Crippen LogP contribution is -2.32. The zero-order chi connectivity index (χ0) is 15.0. The summed E-state index contributed by atoms with van der Waals surface area (Å²) in [5, 5.41) is 9.22. The van der Waals surface area contributed by atoms with Crippen LogP contribution in [0.25, 0.3) is 0 Å². The zero-order valence-electron chi connectivity index (χ0n) is 12.3. The van der Waals surface area contributed by atoms with Crippen molar-refractivity contribution in [2.45, 2.75) is 50.8 Å². The van der Waals surface area contributed by atoms with Crippen molar-refractivity contribution in [3.63, 3.8) is 0 Å². The minimum Gasteiger partial charge on any atom is -0.391 e. The normalized spacial score (nSPS) is 20.8. The molecule has 4 nitrogen and oxygen atoms in total. The van der Waals surface area contributed by atoms with E-state index in [9.17, 15) is 13.5 Å². The van der Waals surface area contributed by atoms with Crippen molar-refractivity contribution in [1.29, 1.82) is 0 Å². The van der Waals surface area contributed by atoms with Gasteiger partial charge in [-0.15, -0.1) is 11.3 Å². The van der Waals surface area contributed by atoms with Crippen molar-refractivity contribution < 1.29 is 13.5 Å². The van der Waals surface area contributed by atoms with Crippen LogP contribution in [-0.4, -0.2) is 30.9 Å². The molecule has 1 aliphatic heterocycles. The van der Waals surface area contributed by atoms with Crippen molar-refractivity contribution in [1.82, 2.24) is 4.31 Å². The molecule has 1 N–H and O–H groups in total. The number of thiophene rings is 1. The summed E-state index contributed by atoms with van der Waals surface area (Å²) < 4.78 is 27.3. The predicted octanol–water partition coefficient (Wildman–Crippen LogP) is 2.75. The first kappa shape index (κ1) is 15.9. The monoisotopic (exact) mass is 317 g/mol. The highest BCUT2D eigenvalue weighted by molar-refractivity contribution is 7.91. The summed E-state index contributed by atoms with van der Waals surface area (Å²) in [5.41, 5.74) is 1.07. The second-order valence-corrected chi connectivity index (χ2v) is 9.55. The van der Waals surface area contributed by atoms with Crippen molar-refractivity contribution in [2.75, 3.05) is 13.1 Å². The molecule has 1 saturated heterocycles. The Bertz CT molecular complexity index is 575. The number of hydrogen-bond acceptors (Lipinski definition) is 4. The van der Waals surface area contributed by atoms with Crippen LogP contribution in [0.2, 0.25) is 0 Å². The molecule has 20 heavy (non-hydrogen) atoms. The van der Waals surface area contributed by atoms with Gasteiger partial charge in [0.1, 0.15) is 4.21 Å². The predicted molar refractivity (Wildman–Crippen MR) is 81.4 cm³/mol. The van der Waals surface area contributed by atoms with Crippen LogP contribution in [0, 0.1) is 12.3 Å². The molecule has 0 amide bonds. The third kappa shape index (κ3) is 3.24. The second kappa shape index (κ2) is 5.75. The number of rotatable bonds is 3. The zero-order valence-corrected chi connectivity index (χ0v) is 14.0. The number of hydrogen-bond donors (Lipinski definition) is 1. The van der Waals surface area contributed by atoms with Gasteiger partial charge in [0.15, 0.2) is 0 Å². The van der Waals surface area contributed by atoms with Crippen LogP contribution in [0.1, 0.15) is 43.6 Å². The molecule has 0 spiro atoms. The Balaban J connectivity index is 2.25. The van der Waals surface area contributed by atoms with Gasteiger partial charge < -0.3 is 5.11 Å². The van der Waals surface area contributed by atoms with E-state index in [-0.39, 0.29) is 12.0 Å². The smallest absolute Gasteiger partial charge is 0.252 e. The van der Waals surface area contributed by atoms with Crippen molar-refractivity contribution in [3.8, 4) is 0 Å². The average molecular weight is 317 g/mol. The molecule has 0 radical (unpaired) electrons. The standard InChI is InChI=1S/C14H23NO3S2/c1-11-9-13(19-12(11)10-16)20(17,18)15-7-4-5-14(2,3)6-8-15/h9,16H,4-8,10H2,1-3H3. The first-order valence-electron chi connectivity index (χ1n) is 6.96. The SMILES string of the molecule is Cc1cc(S(=O)(=O)N2CCCC(C)(C)CC2)sc1CO. The van der Waals surface area contributed by atoms with Gasteiger partial charge in [0.05, 0.1) is 6.61 Å². The third-order valence-corrected chi connectivity index (χ3v) is 7.60. The van der Waals surface area contributed by atoms with Gasteiger partial charge in [-0.3, -0.25) is 0 Å². The van der Waals surface area contributed by atoms with E-state index in [1.54, 1.807) is 10.4 Å². The van der Waals surface area contributed by atoms with Crippen LogP contribution in [0.3, 0.4) is 0 Å². The highest BCUT2D eigenvalue weighted by Crippen LogP contribution is 2.34. The number of aryl methyl sites for hydroxylation is 1. The van der Waals surface area contributed by atoms with E-state index >= 15 is 0 Å². The highest BCUT2D eigenvalue weighted by Gasteiger charge is 2.31. The molecular formula is C14H23NO3S2. The molecule has 0 aliphatic carbocycles. The molecule has 2 heterocycles. The van der Waals surface area contributed by atoms with E-state index < -0.39 is 10.0 Å².